The largest absolute Gasteiger partial charge is 0.618 e. The molecule has 0 aliphatic carbocycles. The normalized spacial score (nSPS) is 18.6. The maximum absolute atomic E-state index is 11.6. The van der Waals surface area contributed by atoms with Crippen LogP contribution in [0.2, 0.25) is 0 Å². The summed E-state index contributed by atoms with van der Waals surface area (Å²) in [6.45, 7) is 0. The summed E-state index contributed by atoms with van der Waals surface area (Å²) in [6.07, 6.45) is 1.45. The average Bonchev–Trinajstić information content (AvgIpc) is 2.29. The molecule has 0 bridgehead atoms. The zero-order valence-corrected chi connectivity index (χ0v) is 8.60. The van der Waals surface area contributed by atoms with Crippen molar-refractivity contribution in [2.24, 2.45) is 0 Å². The Bertz CT molecular complexity index is 458. The lowest BCUT2D eigenvalue weighted by Crippen LogP contribution is -2.51. The molecule has 6 heteroatoms. The van der Waals surface area contributed by atoms with E-state index in [9.17, 15) is 14.8 Å². The van der Waals surface area contributed by atoms with Crippen LogP contribution in [0.5, 0.6) is 0 Å². The van der Waals surface area contributed by atoms with Gasteiger partial charge in [0.05, 0.1) is 13.5 Å². The van der Waals surface area contributed by atoms with Gasteiger partial charge in [0.15, 0.2) is 6.20 Å². The molecule has 0 unspecified atom stereocenters. The van der Waals surface area contributed by atoms with Gasteiger partial charge in [-0.1, -0.05) is 0 Å². The molecular formula is C10H10N2O4. The Hall–Kier alpha value is -2.11. The monoisotopic (exact) mass is 222 g/mol. The van der Waals surface area contributed by atoms with Crippen molar-refractivity contribution in [3.8, 4) is 0 Å². The quantitative estimate of drug-likeness (QED) is 0.381. The molecule has 2 rings (SSSR count). The molecule has 2 heterocycles. The molecule has 0 saturated carbocycles. The van der Waals surface area contributed by atoms with E-state index in [1.165, 1.54) is 19.4 Å². The van der Waals surface area contributed by atoms with Crippen molar-refractivity contribution in [3.05, 3.63) is 34.8 Å². The number of hydrogen-bond acceptors (Lipinski definition) is 4. The Balaban J connectivity index is 2.39. The summed E-state index contributed by atoms with van der Waals surface area (Å²) in [5.41, 5.74) is 0.597. The maximum Gasteiger partial charge on any atom is 0.328 e. The third kappa shape index (κ3) is 1.58. The number of carbonyl (C=O) groups excluding carboxylic acids is 2. The second-order valence-corrected chi connectivity index (χ2v) is 3.45. The molecule has 0 spiro atoms. The molecule has 1 aliphatic heterocycles. The van der Waals surface area contributed by atoms with Crippen LogP contribution in [0.25, 0.3) is 0 Å². The molecule has 0 fully saturated rings. The Kier molecular flexibility index (Phi) is 2.47. The van der Waals surface area contributed by atoms with Crippen molar-refractivity contribution in [2.45, 2.75) is 12.5 Å². The third-order valence-corrected chi connectivity index (χ3v) is 2.49. The van der Waals surface area contributed by atoms with Crippen LogP contribution in [-0.2, 0) is 16.0 Å². The number of fused-ring (bicyclic) bond motifs is 1. The molecule has 1 aromatic heterocycles. The minimum Gasteiger partial charge on any atom is -0.618 e. The molecule has 1 atom stereocenters. The van der Waals surface area contributed by atoms with Gasteiger partial charge in [-0.3, -0.25) is 4.79 Å². The van der Waals surface area contributed by atoms with Crippen LogP contribution in [0.15, 0.2) is 18.3 Å². The van der Waals surface area contributed by atoms with Crippen LogP contribution in [0.1, 0.15) is 16.1 Å². The number of methoxy groups -OCH3 is 1. The maximum atomic E-state index is 11.6. The second-order valence-electron chi connectivity index (χ2n) is 3.45. The third-order valence-electron chi connectivity index (χ3n) is 2.49. The Morgan fingerprint density at radius 3 is 3.12 bits per heavy atom. The van der Waals surface area contributed by atoms with Crippen LogP contribution in [-0.4, -0.2) is 25.0 Å². The lowest BCUT2D eigenvalue weighted by Gasteiger charge is -2.21. The van der Waals surface area contributed by atoms with Gasteiger partial charge in [-0.05, 0) is 6.07 Å². The van der Waals surface area contributed by atoms with Gasteiger partial charge in [-0.2, -0.15) is 4.73 Å². The van der Waals surface area contributed by atoms with E-state index >= 15 is 0 Å². The minimum absolute atomic E-state index is 0.151. The van der Waals surface area contributed by atoms with E-state index in [0.717, 1.165) is 0 Å². The highest BCUT2D eigenvalue weighted by Crippen LogP contribution is 2.13. The van der Waals surface area contributed by atoms with E-state index in [0.29, 0.717) is 16.0 Å². The van der Waals surface area contributed by atoms with Crippen molar-refractivity contribution in [1.82, 2.24) is 5.32 Å². The van der Waals surface area contributed by atoms with Crippen molar-refractivity contribution in [2.75, 3.05) is 7.11 Å². The van der Waals surface area contributed by atoms with E-state index in [4.69, 9.17) is 0 Å². The van der Waals surface area contributed by atoms with Gasteiger partial charge in [0.25, 0.3) is 5.91 Å². The van der Waals surface area contributed by atoms with Crippen molar-refractivity contribution in [1.29, 1.82) is 0 Å². The smallest absolute Gasteiger partial charge is 0.328 e. The van der Waals surface area contributed by atoms with Crippen molar-refractivity contribution in [3.63, 3.8) is 0 Å². The minimum atomic E-state index is -0.785. The summed E-state index contributed by atoms with van der Waals surface area (Å²) >= 11 is 0. The molecule has 1 amide bonds. The molecule has 0 aromatic carbocycles. The molecule has 0 radical (unpaired) electrons. The zero-order valence-electron chi connectivity index (χ0n) is 8.60. The number of pyridine rings is 1. The first-order valence-corrected chi connectivity index (χ1v) is 4.73. The summed E-state index contributed by atoms with van der Waals surface area (Å²) in [7, 11) is 1.24. The molecular weight excluding hydrogens is 212 g/mol. The number of rotatable bonds is 1. The zero-order chi connectivity index (χ0) is 11.7. The van der Waals surface area contributed by atoms with Gasteiger partial charge < -0.3 is 15.3 Å². The number of esters is 1. The van der Waals surface area contributed by atoms with Gasteiger partial charge in [-0.15, -0.1) is 0 Å². The highest BCUT2D eigenvalue weighted by molar-refractivity contribution is 5.99. The van der Waals surface area contributed by atoms with Gasteiger partial charge >= 0.3 is 5.97 Å². The number of nitrogens with one attached hydrogen (secondary N) is 1. The van der Waals surface area contributed by atoms with Crippen LogP contribution < -0.4 is 10.0 Å². The molecule has 84 valence electrons. The first-order valence-electron chi connectivity index (χ1n) is 4.73. The van der Waals surface area contributed by atoms with Crippen molar-refractivity contribution >= 4 is 11.9 Å². The topological polar surface area (TPSA) is 82.3 Å². The van der Waals surface area contributed by atoms with Gasteiger partial charge in [-0.25, -0.2) is 4.79 Å². The highest BCUT2D eigenvalue weighted by atomic mass is 16.5. The summed E-state index contributed by atoms with van der Waals surface area (Å²) in [4.78, 5) is 22.9. The number of hydrogen-bond donors (Lipinski definition) is 1. The lowest BCUT2D eigenvalue weighted by atomic mass is 10.0. The second kappa shape index (κ2) is 3.80. The number of carbonyl (C=O) groups is 2. The van der Waals surface area contributed by atoms with E-state index < -0.39 is 17.9 Å². The van der Waals surface area contributed by atoms with Crippen LogP contribution in [0, 0.1) is 5.21 Å². The van der Waals surface area contributed by atoms with Crippen molar-refractivity contribution < 1.29 is 19.1 Å². The van der Waals surface area contributed by atoms with E-state index in [-0.39, 0.29) is 6.42 Å². The number of amides is 1. The number of aromatic nitrogens is 1. The molecule has 1 N–H and O–H groups in total. The Labute approximate surface area is 91.4 Å². The first-order chi connectivity index (χ1) is 7.63. The summed E-state index contributed by atoms with van der Waals surface area (Å²) in [5.74, 6) is -0.982. The number of nitrogens with zero attached hydrogens (tertiary/aromatic N) is 1. The number of ether oxygens (including phenoxy) is 1. The molecule has 16 heavy (non-hydrogen) atoms. The molecule has 1 aliphatic rings. The summed E-state index contributed by atoms with van der Waals surface area (Å²) in [6, 6.07) is 2.25. The van der Waals surface area contributed by atoms with E-state index in [1.807, 2.05) is 0 Å². The molecule has 1 aromatic rings. The Morgan fingerprint density at radius 1 is 1.69 bits per heavy atom. The summed E-state index contributed by atoms with van der Waals surface area (Å²) in [5, 5.41) is 13.9. The van der Waals surface area contributed by atoms with Crippen LogP contribution >= 0.6 is 0 Å². The van der Waals surface area contributed by atoms with Gasteiger partial charge in [0, 0.05) is 6.07 Å². The van der Waals surface area contributed by atoms with E-state index in [2.05, 4.69) is 10.1 Å². The van der Waals surface area contributed by atoms with Crippen LogP contribution in [0.3, 0.4) is 0 Å². The fourth-order valence-electron chi connectivity index (χ4n) is 1.69. The fraction of sp³-hybridized carbons (Fsp3) is 0.300. The first kappa shape index (κ1) is 10.4. The highest BCUT2D eigenvalue weighted by Gasteiger charge is 2.34. The Morgan fingerprint density at radius 2 is 2.44 bits per heavy atom. The molecule has 0 saturated heterocycles. The predicted molar refractivity (Wildman–Crippen MR) is 52.4 cm³/mol. The standard InChI is InChI=1S/C10H10N2O4/c1-16-10(14)7-5-8-6(9(13)11-7)3-2-4-12(8)15/h2-4,7H,5H2,1H3,(H,11,13)/t7-/m1/s1. The van der Waals surface area contributed by atoms with Gasteiger partial charge in [0.1, 0.15) is 11.6 Å². The predicted octanol–water partition coefficient (Wildman–Crippen LogP) is -0.853. The molecule has 6 nitrogen and oxygen atoms in total. The summed E-state index contributed by atoms with van der Waals surface area (Å²) < 4.78 is 5.13. The fourth-order valence-corrected chi connectivity index (χ4v) is 1.69. The van der Waals surface area contributed by atoms with Crippen LogP contribution in [0.4, 0.5) is 0 Å². The SMILES string of the molecule is COC(=O)[C@H]1Cc2c(ccc[n+]2[O-])C(=O)N1. The van der Waals surface area contributed by atoms with E-state index in [1.54, 1.807) is 6.07 Å². The average molecular weight is 222 g/mol. The van der Waals surface area contributed by atoms with Gasteiger partial charge in [0.2, 0.25) is 5.69 Å². The lowest BCUT2D eigenvalue weighted by molar-refractivity contribution is -0.614.